The van der Waals surface area contributed by atoms with Crippen LogP contribution in [0.15, 0.2) is 0 Å². The number of methoxy groups -OCH3 is 1. The maximum absolute atomic E-state index is 9.15. The molecule has 0 aliphatic rings. The smallest absolute Gasteiger partial charge is 0.450 e. The van der Waals surface area contributed by atoms with E-state index in [4.69, 9.17) is 15.0 Å². The summed E-state index contributed by atoms with van der Waals surface area (Å²) in [5.41, 5.74) is 0. The van der Waals surface area contributed by atoms with E-state index in [1.807, 2.05) is 0 Å². The van der Waals surface area contributed by atoms with Gasteiger partial charge in [0.2, 0.25) is 0 Å². The summed E-state index contributed by atoms with van der Waals surface area (Å²) in [6.07, 6.45) is -1.25. The van der Waals surface area contributed by atoms with Gasteiger partial charge in [-0.25, -0.2) is 4.79 Å². The summed E-state index contributed by atoms with van der Waals surface area (Å²) in [6, 6.07) is 0. The Labute approximate surface area is 60.2 Å². The number of rotatable bonds is 0. The van der Waals surface area contributed by atoms with E-state index >= 15 is 0 Å². The minimum Gasteiger partial charge on any atom is -0.450 e. The molecule has 0 aromatic carbocycles. The van der Waals surface area contributed by atoms with Crippen LogP contribution in [0.3, 0.4) is 0 Å². The van der Waals surface area contributed by atoms with E-state index in [0.29, 0.717) is 0 Å². The van der Waals surface area contributed by atoms with Gasteiger partial charge in [0.05, 0.1) is 7.11 Å². The topological polar surface area (TPSA) is 66.8 Å². The van der Waals surface area contributed by atoms with Gasteiger partial charge in [-0.05, 0) is 0 Å². The molecule has 0 aliphatic heterocycles. The fourth-order valence-corrected chi connectivity index (χ4v) is 0. The number of carbonyl (C=O) groups is 1. The number of hydrogen-bond donors (Lipinski definition) is 2. The van der Waals surface area contributed by atoms with Crippen LogP contribution in [-0.4, -0.2) is 30.6 Å². The van der Waals surface area contributed by atoms with Gasteiger partial charge in [-0.3, -0.25) is 0 Å². The quantitative estimate of drug-likeness (QED) is 0.397. The van der Waals surface area contributed by atoms with E-state index in [2.05, 4.69) is 4.74 Å². The van der Waals surface area contributed by atoms with Crippen molar-refractivity contribution in [3.05, 3.63) is 0 Å². The largest absolute Gasteiger partial charge is 0.505 e. The average molecular weight is 173 g/mol. The Morgan fingerprint density at radius 2 is 1.62 bits per heavy atom. The molecular formula is C3H8O4Zn. The van der Waals surface area contributed by atoms with Crippen LogP contribution >= 0.6 is 0 Å². The summed E-state index contributed by atoms with van der Waals surface area (Å²) in [4.78, 5) is 9.15. The van der Waals surface area contributed by atoms with Gasteiger partial charge in [-0.15, -0.1) is 0 Å². The van der Waals surface area contributed by atoms with Gasteiger partial charge in [0.1, 0.15) is 0 Å². The van der Waals surface area contributed by atoms with E-state index < -0.39 is 6.16 Å². The summed E-state index contributed by atoms with van der Waals surface area (Å²) in [6.45, 7) is 0. The molecule has 0 amide bonds. The molecule has 0 rings (SSSR count). The Morgan fingerprint density at radius 1 is 1.50 bits per heavy atom. The van der Waals surface area contributed by atoms with Crippen LogP contribution in [-0.2, 0) is 24.2 Å². The summed E-state index contributed by atoms with van der Waals surface area (Å²) in [7, 11) is 2.10. The average Bonchev–Trinajstić information content (AvgIpc) is 1.73. The second-order valence-electron chi connectivity index (χ2n) is 0.470. The van der Waals surface area contributed by atoms with Crippen molar-refractivity contribution in [3.63, 3.8) is 0 Å². The first-order valence-corrected chi connectivity index (χ1v) is 1.49. The van der Waals surface area contributed by atoms with Crippen LogP contribution < -0.4 is 0 Å². The fourth-order valence-electron chi connectivity index (χ4n) is 0. The molecule has 0 aromatic rings. The molecule has 0 atom stereocenters. The molecule has 0 saturated carbocycles. The van der Waals surface area contributed by atoms with E-state index in [1.165, 1.54) is 0 Å². The SMILES string of the molecule is CO.COC(=O)O.[Zn]. The van der Waals surface area contributed by atoms with Gasteiger partial charge >= 0.3 is 6.16 Å². The van der Waals surface area contributed by atoms with Crippen molar-refractivity contribution in [3.8, 4) is 0 Å². The molecule has 0 spiro atoms. The van der Waals surface area contributed by atoms with Crippen molar-refractivity contribution in [2.24, 2.45) is 0 Å². The van der Waals surface area contributed by atoms with Crippen LogP contribution in [0.2, 0.25) is 0 Å². The maximum atomic E-state index is 9.15. The van der Waals surface area contributed by atoms with Gasteiger partial charge < -0.3 is 14.9 Å². The first-order chi connectivity index (χ1) is 3.27. The molecule has 0 aromatic heterocycles. The number of aliphatic hydroxyl groups excluding tert-OH is 1. The molecule has 0 aliphatic carbocycles. The van der Waals surface area contributed by atoms with E-state index in [9.17, 15) is 0 Å². The molecule has 0 unspecified atom stereocenters. The number of aliphatic hydroxyl groups is 1. The van der Waals surface area contributed by atoms with Crippen molar-refractivity contribution < 1.29 is 39.2 Å². The van der Waals surface area contributed by atoms with Crippen LogP contribution in [0.25, 0.3) is 0 Å². The van der Waals surface area contributed by atoms with Crippen LogP contribution in [0.5, 0.6) is 0 Å². The Hall–Kier alpha value is -0.147. The van der Waals surface area contributed by atoms with Gasteiger partial charge in [-0.2, -0.15) is 0 Å². The molecular weight excluding hydrogens is 165 g/mol. The Kier molecular flexibility index (Phi) is 31.0. The third-order valence-electron chi connectivity index (χ3n) is 0.175. The summed E-state index contributed by atoms with van der Waals surface area (Å²) in [5.74, 6) is 0. The second kappa shape index (κ2) is 15.8. The van der Waals surface area contributed by atoms with Crippen molar-refractivity contribution in [2.45, 2.75) is 0 Å². The zero-order valence-electron chi connectivity index (χ0n) is 4.92. The van der Waals surface area contributed by atoms with Crippen molar-refractivity contribution >= 4 is 6.16 Å². The van der Waals surface area contributed by atoms with Crippen molar-refractivity contribution in [1.82, 2.24) is 0 Å². The molecule has 0 heterocycles. The fraction of sp³-hybridized carbons (Fsp3) is 0.667. The maximum Gasteiger partial charge on any atom is 0.505 e. The number of ether oxygens (including phenoxy) is 1. The van der Waals surface area contributed by atoms with E-state index in [1.54, 1.807) is 0 Å². The third-order valence-corrected chi connectivity index (χ3v) is 0.175. The Bertz CT molecular complexity index is 46.5. The molecule has 0 fully saturated rings. The first-order valence-electron chi connectivity index (χ1n) is 1.49. The summed E-state index contributed by atoms with van der Waals surface area (Å²) in [5, 5.41) is 14.5. The van der Waals surface area contributed by atoms with Crippen molar-refractivity contribution in [2.75, 3.05) is 14.2 Å². The predicted molar refractivity (Wildman–Crippen MR) is 23.2 cm³/mol. The molecule has 5 heteroatoms. The Morgan fingerprint density at radius 3 is 1.62 bits per heavy atom. The van der Waals surface area contributed by atoms with Crippen LogP contribution in [0.4, 0.5) is 4.79 Å². The second-order valence-corrected chi connectivity index (χ2v) is 0.470. The zero-order valence-corrected chi connectivity index (χ0v) is 7.89. The molecule has 0 saturated heterocycles. The molecule has 0 radical (unpaired) electrons. The molecule has 4 nitrogen and oxygen atoms in total. The molecule has 2 N–H and O–H groups in total. The summed E-state index contributed by atoms with van der Waals surface area (Å²) < 4.78 is 3.67. The predicted octanol–water partition coefficient (Wildman–Crippen LogP) is -0.0832. The minimum atomic E-state index is -1.25. The Balaban J connectivity index is -0.0000000750. The van der Waals surface area contributed by atoms with Gasteiger partial charge in [0.15, 0.2) is 0 Å². The van der Waals surface area contributed by atoms with E-state index in [0.717, 1.165) is 14.2 Å². The number of carboxylic acid groups (broad SMARTS) is 1. The molecule has 8 heavy (non-hydrogen) atoms. The molecule has 46 valence electrons. The molecule has 0 bridgehead atoms. The minimum absolute atomic E-state index is 0. The van der Waals surface area contributed by atoms with Crippen LogP contribution in [0.1, 0.15) is 0 Å². The van der Waals surface area contributed by atoms with E-state index in [-0.39, 0.29) is 19.5 Å². The number of hydrogen-bond acceptors (Lipinski definition) is 3. The van der Waals surface area contributed by atoms with Gasteiger partial charge in [0, 0.05) is 26.6 Å². The van der Waals surface area contributed by atoms with Crippen molar-refractivity contribution in [1.29, 1.82) is 0 Å². The van der Waals surface area contributed by atoms with Crippen LogP contribution in [0, 0.1) is 0 Å². The monoisotopic (exact) mass is 172 g/mol. The van der Waals surface area contributed by atoms with Gasteiger partial charge in [0.25, 0.3) is 0 Å². The van der Waals surface area contributed by atoms with Gasteiger partial charge in [-0.1, -0.05) is 0 Å². The summed E-state index contributed by atoms with van der Waals surface area (Å²) >= 11 is 0. The third kappa shape index (κ3) is 40.1. The normalized spacial score (nSPS) is 4.88. The standard InChI is InChI=1S/C2H4O3.CH4O.Zn/c1-5-2(3)4;1-2;/h1H3,(H,3,4);2H,1H3;. The zero-order chi connectivity index (χ0) is 6.28. The first kappa shape index (κ1) is 15.7.